The van der Waals surface area contributed by atoms with Gasteiger partial charge in [0.1, 0.15) is 5.82 Å². The Bertz CT molecular complexity index is 1120. The summed E-state index contributed by atoms with van der Waals surface area (Å²) in [5, 5.41) is 5.67. The molecule has 3 fully saturated rings. The Kier molecular flexibility index (Phi) is 9.20. The van der Waals surface area contributed by atoms with Crippen molar-refractivity contribution >= 4 is 24.5 Å². The summed E-state index contributed by atoms with van der Waals surface area (Å²) in [5.41, 5.74) is 1.61. The van der Waals surface area contributed by atoms with Crippen molar-refractivity contribution in [2.45, 2.75) is 44.1 Å². The number of imide groups is 1. The quantitative estimate of drug-likeness (QED) is 0.441. The fourth-order valence-corrected chi connectivity index (χ4v) is 5.79. The number of benzene rings is 2. The Hall–Kier alpha value is -2.78. The third-order valence-electron chi connectivity index (χ3n) is 7.98. The van der Waals surface area contributed by atoms with E-state index >= 15 is 0 Å². The molecule has 5 rings (SSSR count). The minimum absolute atomic E-state index is 0. The van der Waals surface area contributed by atoms with Crippen molar-refractivity contribution in [3.8, 4) is 0 Å². The average molecular weight is 551 g/mol. The molecule has 2 N–H and O–H groups in total. The Labute approximate surface area is 227 Å². The third kappa shape index (κ3) is 6.43. The lowest BCUT2D eigenvalue weighted by Crippen LogP contribution is -2.58. The van der Waals surface area contributed by atoms with E-state index in [1.807, 2.05) is 12.1 Å². The monoisotopic (exact) mass is 550 g/mol. The van der Waals surface area contributed by atoms with Crippen molar-refractivity contribution < 1.29 is 22.8 Å². The number of nitrogens with one attached hydrogen (secondary N) is 2. The van der Waals surface area contributed by atoms with Crippen molar-refractivity contribution in [2.75, 3.05) is 32.7 Å². The molecule has 3 aliphatic rings. The van der Waals surface area contributed by atoms with Gasteiger partial charge >= 0.3 is 12.1 Å². The minimum Gasteiger partial charge on any atom is -0.338 e. The number of urea groups is 2. The lowest BCUT2D eigenvalue weighted by atomic mass is 9.86. The molecule has 1 saturated carbocycles. The van der Waals surface area contributed by atoms with E-state index in [0.717, 1.165) is 68.8 Å². The molecule has 0 unspecified atom stereocenters. The molecule has 206 valence electrons. The molecule has 2 heterocycles. The lowest BCUT2D eigenvalue weighted by Gasteiger charge is -2.40. The first-order valence-electron chi connectivity index (χ1n) is 13.2. The maximum absolute atomic E-state index is 14.1. The summed E-state index contributed by atoms with van der Waals surface area (Å²) in [7, 11) is 0. The van der Waals surface area contributed by atoms with Gasteiger partial charge in [-0.05, 0) is 99.0 Å². The normalized spacial score (nSPS) is 22.5. The smallest absolute Gasteiger partial charge is 0.326 e. The van der Waals surface area contributed by atoms with Crippen molar-refractivity contribution in [2.24, 2.45) is 11.8 Å². The zero-order chi connectivity index (χ0) is 25.9. The topological polar surface area (TPSA) is 64.7 Å². The first-order valence-corrected chi connectivity index (χ1v) is 13.2. The maximum Gasteiger partial charge on any atom is 0.326 e. The number of rotatable bonds is 7. The van der Waals surface area contributed by atoms with Gasteiger partial charge in [0, 0.05) is 19.0 Å². The summed E-state index contributed by atoms with van der Waals surface area (Å²) in [6.07, 6.45) is 4.72. The molecule has 0 bridgehead atoms. The SMILES string of the molecule is Cl.O=C(NCCCN1CCC(c2ccc(F)cc2)CC1)N1C(=O)NC[C@@H](C2CC2)[C@H]1c1ccc(F)c(F)c1. The van der Waals surface area contributed by atoms with Crippen LogP contribution in [0.15, 0.2) is 42.5 Å². The zero-order valence-corrected chi connectivity index (χ0v) is 22.0. The summed E-state index contributed by atoms with van der Waals surface area (Å²) >= 11 is 0. The van der Waals surface area contributed by atoms with Crippen molar-refractivity contribution in [1.82, 2.24) is 20.4 Å². The van der Waals surface area contributed by atoms with E-state index in [9.17, 15) is 22.8 Å². The van der Waals surface area contributed by atoms with Crippen molar-refractivity contribution in [3.05, 3.63) is 71.0 Å². The maximum atomic E-state index is 14.1. The number of carbonyl (C=O) groups is 2. The standard InChI is InChI=1S/C28H33F3N4O2.ClH/c29-22-7-4-18(5-8-22)19-10-14-34(15-11-19)13-1-12-32-27(36)35-26(21-6-9-24(30)25(31)16-21)23(20-2-3-20)17-33-28(35)37;/h4-9,16,19-20,23,26H,1-3,10-15,17H2,(H,32,36)(H,33,37);1H/t23-,26+;/m0./s1. The van der Waals surface area contributed by atoms with E-state index in [1.54, 1.807) is 0 Å². The van der Waals surface area contributed by atoms with E-state index in [0.29, 0.717) is 30.5 Å². The largest absolute Gasteiger partial charge is 0.338 e. The highest BCUT2D eigenvalue weighted by Gasteiger charge is 2.46. The molecule has 0 radical (unpaired) electrons. The Morgan fingerprint density at radius 1 is 0.947 bits per heavy atom. The number of nitrogens with zero attached hydrogens (tertiary/aromatic N) is 2. The van der Waals surface area contributed by atoms with Crippen LogP contribution in [0, 0.1) is 29.3 Å². The van der Waals surface area contributed by atoms with Gasteiger partial charge in [0.05, 0.1) is 6.04 Å². The number of piperidine rings is 1. The van der Waals surface area contributed by atoms with E-state index < -0.39 is 29.7 Å². The molecule has 2 aliphatic heterocycles. The Morgan fingerprint density at radius 3 is 2.29 bits per heavy atom. The molecule has 2 atom stereocenters. The van der Waals surface area contributed by atoms with Gasteiger partial charge in [0.2, 0.25) is 0 Å². The highest BCUT2D eigenvalue weighted by Crippen LogP contribution is 2.46. The molecule has 2 saturated heterocycles. The first-order chi connectivity index (χ1) is 17.9. The van der Waals surface area contributed by atoms with Crippen LogP contribution in [0.1, 0.15) is 55.2 Å². The van der Waals surface area contributed by atoms with E-state index in [4.69, 9.17) is 0 Å². The fraction of sp³-hybridized carbons (Fsp3) is 0.500. The highest BCUT2D eigenvalue weighted by molar-refractivity contribution is 5.94. The second-order valence-electron chi connectivity index (χ2n) is 10.4. The average Bonchev–Trinajstić information content (AvgIpc) is 3.74. The molecule has 38 heavy (non-hydrogen) atoms. The predicted octanol–water partition coefficient (Wildman–Crippen LogP) is 5.60. The third-order valence-corrected chi connectivity index (χ3v) is 7.98. The van der Waals surface area contributed by atoms with Gasteiger partial charge in [-0.2, -0.15) is 0 Å². The first kappa shape index (κ1) is 28.2. The molecule has 2 aromatic rings. The van der Waals surface area contributed by atoms with Gasteiger partial charge in [-0.1, -0.05) is 18.2 Å². The lowest BCUT2D eigenvalue weighted by molar-refractivity contribution is 0.122. The minimum atomic E-state index is -0.985. The van der Waals surface area contributed by atoms with Gasteiger partial charge in [-0.15, -0.1) is 12.4 Å². The van der Waals surface area contributed by atoms with Crippen LogP contribution in [0.4, 0.5) is 22.8 Å². The fourth-order valence-electron chi connectivity index (χ4n) is 5.79. The number of hydrogen-bond donors (Lipinski definition) is 2. The summed E-state index contributed by atoms with van der Waals surface area (Å²) in [6.45, 7) is 3.50. The van der Waals surface area contributed by atoms with E-state index in [-0.39, 0.29) is 24.1 Å². The van der Waals surface area contributed by atoms with Crippen LogP contribution in [0.25, 0.3) is 0 Å². The molecular formula is C28H34ClF3N4O2. The van der Waals surface area contributed by atoms with Crippen LogP contribution in [0.2, 0.25) is 0 Å². The van der Waals surface area contributed by atoms with Crippen LogP contribution in [-0.4, -0.2) is 54.6 Å². The van der Waals surface area contributed by atoms with Crippen LogP contribution in [-0.2, 0) is 0 Å². The van der Waals surface area contributed by atoms with Gasteiger partial charge in [-0.25, -0.2) is 27.7 Å². The summed E-state index contributed by atoms with van der Waals surface area (Å²) in [5.74, 6) is -1.43. The van der Waals surface area contributed by atoms with Crippen molar-refractivity contribution in [3.63, 3.8) is 0 Å². The number of halogens is 4. The number of hydrogen-bond acceptors (Lipinski definition) is 3. The molecule has 0 aromatic heterocycles. The molecule has 0 spiro atoms. The van der Waals surface area contributed by atoms with Crippen LogP contribution in [0.5, 0.6) is 0 Å². The highest BCUT2D eigenvalue weighted by atomic mass is 35.5. The number of amides is 4. The van der Waals surface area contributed by atoms with Gasteiger partial charge < -0.3 is 15.5 Å². The van der Waals surface area contributed by atoms with E-state index in [1.165, 1.54) is 23.8 Å². The number of likely N-dealkylation sites (tertiary alicyclic amines) is 1. The molecule has 1 aliphatic carbocycles. The second-order valence-corrected chi connectivity index (χ2v) is 10.4. The van der Waals surface area contributed by atoms with Gasteiger partial charge in [-0.3, -0.25) is 0 Å². The summed E-state index contributed by atoms with van der Waals surface area (Å²) in [6, 6.07) is 8.69. The van der Waals surface area contributed by atoms with Crippen LogP contribution in [0.3, 0.4) is 0 Å². The second kappa shape index (κ2) is 12.4. The van der Waals surface area contributed by atoms with Gasteiger partial charge in [0.15, 0.2) is 11.6 Å². The molecular weight excluding hydrogens is 517 g/mol. The number of carbonyl (C=O) groups excluding carboxylic acids is 2. The molecule has 4 amide bonds. The molecule has 2 aromatic carbocycles. The summed E-state index contributed by atoms with van der Waals surface area (Å²) in [4.78, 5) is 29.4. The predicted molar refractivity (Wildman–Crippen MR) is 141 cm³/mol. The van der Waals surface area contributed by atoms with Crippen LogP contribution >= 0.6 is 12.4 Å². The Morgan fingerprint density at radius 2 is 1.63 bits per heavy atom. The van der Waals surface area contributed by atoms with Gasteiger partial charge in [0.25, 0.3) is 0 Å². The Balaban J connectivity index is 0.00000336. The van der Waals surface area contributed by atoms with Crippen molar-refractivity contribution in [1.29, 1.82) is 0 Å². The van der Waals surface area contributed by atoms with Crippen LogP contribution < -0.4 is 10.6 Å². The summed E-state index contributed by atoms with van der Waals surface area (Å²) < 4.78 is 40.8. The van der Waals surface area contributed by atoms with E-state index in [2.05, 4.69) is 15.5 Å². The zero-order valence-electron chi connectivity index (χ0n) is 21.2. The molecule has 6 nitrogen and oxygen atoms in total. The molecule has 10 heteroatoms.